The van der Waals surface area contributed by atoms with Crippen LogP contribution >= 0.6 is 0 Å². The van der Waals surface area contributed by atoms with Crippen LogP contribution in [0.5, 0.6) is 0 Å². The van der Waals surface area contributed by atoms with Gasteiger partial charge in [-0.15, -0.1) is 0 Å². The number of hydrogen-bond donors (Lipinski definition) is 1. The number of halogens is 2. The molecule has 18 heavy (non-hydrogen) atoms. The summed E-state index contributed by atoms with van der Waals surface area (Å²) in [6.45, 7) is 5.15. The number of likely N-dealkylation sites (N-methyl/N-ethyl adjacent to an activating group) is 1. The Morgan fingerprint density at radius 1 is 1.22 bits per heavy atom. The van der Waals surface area contributed by atoms with Gasteiger partial charge in [-0.2, -0.15) is 0 Å². The van der Waals surface area contributed by atoms with Crippen LogP contribution in [-0.2, 0) is 6.42 Å². The van der Waals surface area contributed by atoms with Crippen LogP contribution in [0, 0.1) is 11.6 Å². The van der Waals surface area contributed by atoms with Crippen molar-refractivity contribution in [1.29, 1.82) is 0 Å². The number of hydrogen-bond acceptors (Lipinski definition) is 1. The van der Waals surface area contributed by atoms with E-state index in [0.717, 1.165) is 23.9 Å². The van der Waals surface area contributed by atoms with Crippen molar-refractivity contribution in [2.24, 2.45) is 0 Å². The summed E-state index contributed by atoms with van der Waals surface area (Å²) in [4.78, 5) is 5.20. The van der Waals surface area contributed by atoms with Gasteiger partial charge in [0, 0.05) is 35.8 Å². The highest BCUT2D eigenvalue weighted by Gasteiger charge is 2.10. The van der Waals surface area contributed by atoms with E-state index in [1.54, 1.807) is 0 Å². The van der Waals surface area contributed by atoms with Crippen molar-refractivity contribution in [3.8, 4) is 0 Å². The lowest BCUT2D eigenvalue weighted by Gasteiger charge is -2.20. The Morgan fingerprint density at radius 2 is 1.89 bits per heavy atom. The summed E-state index contributed by atoms with van der Waals surface area (Å²) in [5.41, 5.74) is 1.67. The number of benzene rings is 1. The van der Waals surface area contributed by atoms with Crippen molar-refractivity contribution in [2.75, 3.05) is 13.6 Å². The third-order valence-corrected chi connectivity index (χ3v) is 3.42. The molecule has 0 saturated heterocycles. The summed E-state index contributed by atoms with van der Waals surface area (Å²) < 4.78 is 26.3. The van der Waals surface area contributed by atoms with E-state index in [0.29, 0.717) is 11.6 Å². The Morgan fingerprint density at radius 3 is 2.56 bits per heavy atom. The summed E-state index contributed by atoms with van der Waals surface area (Å²) in [7, 11) is 2.06. The van der Waals surface area contributed by atoms with Gasteiger partial charge in [-0.25, -0.2) is 8.78 Å². The van der Waals surface area contributed by atoms with Gasteiger partial charge in [0.25, 0.3) is 0 Å². The zero-order valence-corrected chi connectivity index (χ0v) is 10.9. The maximum atomic E-state index is 13.2. The van der Waals surface area contributed by atoms with Crippen molar-refractivity contribution in [3.63, 3.8) is 0 Å². The molecule has 0 atom stereocenters. The summed E-state index contributed by atoms with van der Waals surface area (Å²) >= 11 is 0. The van der Waals surface area contributed by atoms with Gasteiger partial charge in [0.05, 0.1) is 0 Å². The third kappa shape index (κ3) is 2.53. The molecule has 0 radical (unpaired) electrons. The molecule has 2 rings (SSSR count). The van der Waals surface area contributed by atoms with E-state index in [9.17, 15) is 8.78 Å². The normalized spacial score (nSPS) is 11.9. The number of nitrogens with zero attached hydrogens (tertiary/aromatic N) is 1. The fourth-order valence-electron chi connectivity index (χ4n) is 1.94. The smallest absolute Gasteiger partial charge is 0.160 e. The molecule has 0 saturated carbocycles. The topological polar surface area (TPSA) is 19.0 Å². The Balaban J connectivity index is 2.21. The SMILES string of the molecule is CC(C)N(C)CCc1c[nH]c2cc(F)c(F)cc12. The lowest BCUT2D eigenvalue weighted by molar-refractivity contribution is 0.278. The molecular formula is C14H18F2N2. The number of rotatable bonds is 4. The minimum atomic E-state index is -0.810. The average molecular weight is 252 g/mol. The van der Waals surface area contributed by atoms with Crippen molar-refractivity contribution in [3.05, 3.63) is 35.5 Å². The lowest BCUT2D eigenvalue weighted by atomic mass is 10.1. The molecular weight excluding hydrogens is 234 g/mol. The van der Waals surface area contributed by atoms with Gasteiger partial charge < -0.3 is 9.88 Å². The van der Waals surface area contributed by atoms with Gasteiger partial charge >= 0.3 is 0 Å². The van der Waals surface area contributed by atoms with E-state index < -0.39 is 11.6 Å². The van der Waals surface area contributed by atoms with E-state index in [2.05, 4.69) is 30.8 Å². The van der Waals surface area contributed by atoms with Crippen molar-refractivity contribution in [2.45, 2.75) is 26.3 Å². The highest BCUT2D eigenvalue weighted by atomic mass is 19.2. The molecule has 98 valence electrons. The van der Waals surface area contributed by atoms with Crippen LogP contribution in [0.4, 0.5) is 8.78 Å². The summed E-state index contributed by atoms with van der Waals surface area (Å²) in [6.07, 6.45) is 2.65. The lowest BCUT2D eigenvalue weighted by Crippen LogP contribution is -2.28. The predicted molar refractivity (Wildman–Crippen MR) is 69.7 cm³/mol. The number of nitrogens with one attached hydrogen (secondary N) is 1. The molecule has 0 aliphatic rings. The molecule has 1 aromatic carbocycles. The molecule has 0 amide bonds. The van der Waals surface area contributed by atoms with Crippen LogP contribution in [0.2, 0.25) is 0 Å². The Kier molecular flexibility index (Phi) is 3.66. The molecule has 2 nitrogen and oxygen atoms in total. The molecule has 1 heterocycles. The molecule has 0 fully saturated rings. The van der Waals surface area contributed by atoms with E-state index >= 15 is 0 Å². The molecule has 0 unspecified atom stereocenters. The van der Waals surface area contributed by atoms with Gasteiger partial charge in [0.1, 0.15) is 0 Å². The van der Waals surface area contributed by atoms with Crippen LogP contribution in [0.15, 0.2) is 18.3 Å². The molecule has 1 aromatic heterocycles. The maximum absolute atomic E-state index is 13.2. The van der Waals surface area contributed by atoms with Gasteiger partial charge in [0.15, 0.2) is 11.6 Å². The first-order chi connectivity index (χ1) is 8.49. The minimum absolute atomic E-state index is 0.476. The van der Waals surface area contributed by atoms with Gasteiger partial charge in [-0.05, 0) is 38.9 Å². The first-order valence-corrected chi connectivity index (χ1v) is 6.14. The predicted octanol–water partition coefficient (Wildman–Crippen LogP) is 3.33. The van der Waals surface area contributed by atoms with E-state index in [4.69, 9.17) is 0 Å². The zero-order valence-electron chi connectivity index (χ0n) is 10.9. The third-order valence-electron chi connectivity index (χ3n) is 3.42. The molecule has 4 heteroatoms. The number of aromatic amines is 1. The van der Waals surface area contributed by atoms with Crippen LogP contribution in [-0.4, -0.2) is 29.5 Å². The molecule has 0 bridgehead atoms. The Bertz CT molecular complexity index is 546. The fourth-order valence-corrected chi connectivity index (χ4v) is 1.94. The van der Waals surface area contributed by atoms with Crippen LogP contribution < -0.4 is 0 Å². The second-order valence-corrected chi connectivity index (χ2v) is 4.95. The quantitative estimate of drug-likeness (QED) is 0.884. The van der Waals surface area contributed by atoms with E-state index in [1.807, 2.05) is 6.20 Å². The number of fused-ring (bicyclic) bond motifs is 1. The van der Waals surface area contributed by atoms with Gasteiger partial charge in [0.2, 0.25) is 0 Å². The largest absolute Gasteiger partial charge is 0.361 e. The van der Waals surface area contributed by atoms with Crippen LogP contribution in [0.3, 0.4) is 0 Å². The van der Waals surface area contributed by atoms with Gasteiger partial charge in [-0.1, -0.05) is 0 Å². The highest BCUT2D eigenvalue weighted by Crippen LogP contribution is 2.22. The van der Waals surface area contributed by atoms with E-state index in [1.165, 1.54) is 12.1 Å². The average Bonchev–Trinajstić information content (AvgIpc) is 2.69. The van der Waals surface area contributed by atoms with Crippen molar-refractivity contribution >= 4 is 10.9 Å². The number of H-pyrrole nitrogens is 1. The highest BCUT2D eigenvalue weighted by molar-refractivity contribution is 5.83. The minimum Gasteiger partial charge on any atom is -0.361 e. The molecule has 0 aliphatic heterocycles. The first-order valence-electron chi connectivity index (χ1n) is 6.14. The second kappa shape index (κ2) is 5.06. The molecule has 1 N–H and O–H groups in total. The maximum Gasteiger partial charge on any atom is 0.160 e. The molecule has 0 aliphatic carbocycles. The molecule has 0 spiro atoms. The summed E-state index contributed by atoms with van der Waals surface area (Å²) in [5.74, 6) is -1.60. The summed E-state index contributed by atoms with van der Waals surface area (Å²) in [6, 6.07) is 2.95. The number of aromatic nitrogens is 1. The Labute approximate surface area is 106 Å². The summed E-state index contributed by atoms with van der Waals surface area (Å²) in [5, 5.41) is 0.769. The van der Waals surface area contributed by atoms with Crippen LogP contribution in [0.25, 0.3) is 10.9 Å². The van der Waals surface area contributed by atoms with Crippen molar-refractivity contribution in [1.82, 2.24) is 9.88 Å². The fraction of sp³-hybridized carbons (Fsp3) is 0.429. The monoisotopic (exact) mass is 252 g/mol. The Hall–Kier alpha value is -1.42. The van der Waals surface area contributed by atoms with Crippen LogP contribution in [0.1, 0.15) is 19.4 Å². The second-order valence-electron chi connectivity index (χ2n) is 4.95. The molecule has 2 aromatic rings. The first kappa shape index (κ1) is 13.0. The standard InChI is InChI=1S/C14H18F2N2/c1-9(2)18(3)5-4-10-8-17-14-7-13(16)12(15)6-11(10)14/h6-9,17H,4-5H2,1-3H3. The zero-order chi connectivity index (χ0) is 13.3. The van der Waals surface area contributed by atoms with Crippen molar-refractivity contribution < 1.29 is 8.78 Å². The van der Waals surface area contributed by atoms with Gasteiger partial charge in [-0.3, -0.25) is 0 Å². The van der Waals surface area contributed by atoms with E-state index in [-0.39, 0.29) is 0 Å².